The predicted octanol–water partition coefficient (Wildman–Crippen LogP) is 5.73. The quantitative estimate of drug-likeness (QED) is 0.357. The molecule has 0 radical (unpaired) electrons. The number of benzene rings is 3. The third kappa shape index (κ3) is 9.01. The van der Waals surface area contributed by atoms with Crippen LogP contribution in [0.3, 0.4) is 0 Å². The van der Waals surface area contributed by atoms with Crippen LogP contribution in [0.4, 0.5) is 4.79 Å². The van der Waals surface area contributed by atoms with Crippen molar-refractivity contribution in [1.82, 2.24) is 5.32 Å². The zero-order chi connectivity index (χ0) is 26.6. The Labute approximate surface area is 223 Å². The first-order valence-corrected chi connectivity index (χ1v) is 13.1. The van der Waals surface area contributed by atoms with Gasteiger partial charge in [-0.2, -0.15) is 0 Å². The van der Waals surface area contributed by atoms with Gasteiger partial charge in [0.15, 0.2) is 0 Å². The number of rotatable bonds is 10. The van der Waals surface area contributed by atoms with Crippen molar-refractivity contribution >= 4 is 12.1 Å². The van der Waals surface area contributed by atoms with Crippen molar-refractivity contribution in [2.75, 3.05) is 0 Å². The standard InChI is InChI=1S/C19H21NO3.C12H14O3/c21-19(23-14-16-9-5-2-6-10-16)20-17-11-18(12-17)22-13-15-7-3-1-4-8-15;13-12(14)10-6-11(7-10)15-8-9-4-2-1-3-5-9/h1-10,17-18H,11-14H2,(H,20,21);1-5,10-11H,6-8H2,(H,13,14). The van der Waals surface area contributed by atoms with E-state index in [2.05, 4.69) is 17.4 Å². The molecule has 7 heteroatoms. The number of ether oxygens (including phenoxy) is 3. The van der Waals surface area contributed by atoms with Gasteiger partial charge in [0, 0.05) is 6.04 Å². The second kappa shape index (κ2) is 14.3. The molecule has 2 aliphatic carbocycles. The summed E-state index contributed by atoms with van der Waals surface area (Å²) in [6.07, 6.45) is 2.98. The van der Waals surface area contributed by atoms with Crippen molar-refractivity contribution in [2.45, 2.75) is 63.8 Å². The molecule has 38 heavy (non-hydrogen) atoms. The second-order valence-electron chi connectivity index (χ2n) is 9.72. The molecule has 0 atom stereocenters. The van der Waals surface area contributed by atoms with Gasteiger partial charge in [0.25, 0.3) is 0 Å². The van der Waals surface area contributed by atoms with Crippen molar-refractivity contribution in [3.8, 4) is 0 Å². The van der Waals surface area contributed by atoms with E-state index in [9.17, 15) is 9.59 Å². The molecule has 0 spiro atoms. The first-order chi connectivity index (χ1) is 18.5. The molecule has 2 fully saturated rings. The van der Waals surface area contributed by atoms with E-state index in [-0.39, 0.29) is 30.3 Å². The first-order valence-electron chi connectivity index (χ1n) is 13.1. The van der Waals surface area contributed by atoms with E-state index in [1.165, 1.54) is 5.56 Å². The van der Waals surface area contributed by atoms with Crippen LogP contribution in [0.2, 0.25) is 0 Å². The third-order valence-corrected chi connectivity index (χ3v) is 6.73. The first kappa shape index (κ1) is 27.4. The number of nitrogens with one attached hydrogen (secondary N) is 1. The average Bonchev–Trinajstić information content (AvgIpc) is 2.90. The SMILES string of the molecule is O=C(NC1CC(OCc2ccccc2)C1)OCc1ccccc1.O=C(O)C1CC(OCc2ccccc2)C1. The molecule has 5 rings (SSSR count). The summed E-state index contributed by atoms with van der Waals surface area (Å²) in [7, 11) is 0. The summed E-state index contributed by atoms with van der Waals surface area (Å²) in [6.45, 7) is 1.50. The van der Waals surface area contributed by atoms with Crippen molar-refractivity contribution in [3.05, 3.63) is 108 Å². The van der Waals surface area contributed by atoms with Gasteiger partial charge in [-0.1, -0.05) is 91.0 Å². The molecular formula is C31H35NO6. The Bertz CT molecular complexity index is 1110. The second-order valence-corrected chi connectivity index (χ2v) is 9.72. The Morgan fingerprint density at radius 3 is 1.53 bits per heavy atom. The van der Waals surface area contributed by atoms with Crippen molar-refractivity contribution in [2.24, 2.45) is 5.92 Å². The maximum atomic E-state index is 11.7. The minimum atomic E-state index is -0.699. The van der Waals surface area contributed by atoms with Crippen LogP contribution in [0.1, 0.15) is 42.4 Å². The van der Waals surface area contributed by atoms with Gasteiger partial charge in [0.1, 0.15) is 6.61 Å². The van der Waals surface area contributed by atoms with Crippen LogP contribution in [0.5, 0.6) is 0 Å². The molecule has 0 aromatic heterocycles. The van der Waals surface area contributed by atoms with Crippen molar-refractivity contribution in [1.29, 1.82) is 0 Å². The van der Waals surface area contributed by atoms with Gasteiger partial charge >= 0.3 is 12.1 Å². The number of carbonyl (C=O) groups excluding carboxylic acids is 1. The van der Waals surface area contributed by atoms with Crippen LogP contribution in [0.25, 0.3) is 0 Å². The Balaban J connectivity index is 0.000000194. The lowest BCUT2D eigenvalue weighted by atomic mass is 9.82. The van der Waals surface area contributed by atoms with Crippen LogP contribution in [-0.4, -0.2) is 35.4 Å². The molecule has 0 heterocycles. The lowest BCUT2D eigenvalue weighted by molar-refractivity contribution is -0.151. The molecule has 2 aliphatic rings. The molecule has 3 aromatic carbocycles. The maximum Gasteiger partial charge on any atom is 0.407 e. The lowest BCUT2D eigenvalue weighted by Crippen LogP contribution is -2.47. The minimum Gasteiger partial charge on any atom is -0.481 e. The molecule has 2 saturated carbocycles. The molecular weight excluding hydrogens is 482 g/mol. The topological polar surface area (TPSA) is 94.1 Å². The van der Waals surface area contributed by atoms with E-state index in [1.54, 1.807) is 0 Å². The van der Waals surface area contributed by atoms with E-state index in [0.717, 1.165) is 24.0 Å². The number of carboxylic acid groups (broad SMARTS) is 1. The fourth-order valence-corrected chi connectivity index (χ4v) is 4.23. The number of aliphatic carboxylic acids is 1. The lowest BCUT2D eigenvalue weighted by Gasteiger charge is -2.35. The third-order valence-electron chi connectivity index (χ3n) is 6.73. The summed E-state index contributed by atoms with van der Waals surface area (Å²) in [5.41, 5.74) is 3.29. The summed E-state index contributed by atoms with van der Waals surface area (Å²) in [5, 5.41) is 11.6. The van der Waals surface area contributed by atoms with Gasteiger partial charge in [0.2, 0.25) is 0 Å². The zero-order valence-electron chi connectivity index (χ0n) is 21.4. The molecule has 0 bridgehead atoms. The van der Waals surface area contributed by atoms with Gasteiger partial charge in [-0.25, -0.2) is 4.79 Å². The number of carbonyl (C=O) groups is 2. The van der Waals surface area contributed by atoms with E-state index >= 15 is 0 Å². The van der Waals surface area contributed by atoms with E-state index in [1.807, 2.05) is 78.9 Å². The number of carboxylic acids is 1. The number of hydrogen-bond donors (Lipinski definition) is 2. The van der Waals surface area contributed by atoms with E-state index < -0.39 is 5.97 Å². The molecule has 200 valence electrons. The van der Waals surface area contributed by atoms with Crippen LogP contribution in [-0.2, 0) is 38.8 Å². The number of amides is 1. The minimum absolute atomic E-state index is 0.131. The van der Waals surface area contributed by atoms with Crippen LogP contribution < -0.4 is 5.32 Å². The van der Waals surface area contributed by atoms with Crippen LogP contribution >= 0.6 is 0 Å². The monoisotopic (exact) mass is 517 g/mol. The number of alkyl carbamates (subject to hydrolysis) is 1. The van der Waals surface area contributed by atoms with Gasteiger partial charge in [-0.3, -0.25) is 4.79 Å². The average molecular weight is 518 g/mol. The Morgan fingerprint density at radius 2 is 1.08 bits per heavy atom. The van der Waals surface area contributed by atoms with E-state index in [0.29, 0.717) is 32.7 Å². The van der Waals surface area contributed by atoms with E-state index in [4.69, 9.17) is 19.3 Å². The Kier molecular flexibility index (Phi) is 10.3. The fourth-order valence-electron chi connectivity index (χ4n) is 4.23. The highest BCUT2D eigenvalue weighted by atomic mass is 16.5. The summed E-state index contributed by atoms with van der Waals surface area (Å²) >= 11 is 0. The molecule has 1 amide bonds. The van der Waals surface area contributed by atoms with Crippen molar-refractivity contribution < 1.29 is 28.9 Å². The Morgan fingerprint density at radius 1 is 0.658 bits per heavy atom. The molecule has 0 unspecified atom stereocenters. The highest BCUT2D eigenvalue weighted by Crippen LogP contribution is 2.30. The van der Waals surface area contributed by atoms with Gasteiger partial charge in [-0.15, -0.1) is 0 Å². The van der Waals surface area contributed by atoms with Crippen molar-refractivity contribution in [3.63, 3.8) is 0 Å². The van der Waals surface area contributed by atoms with Crippen LogP contribution in [0, 0.1) is 5.92 Å². The molecule has 7 nitrogen and oxygen atoms in total. The largest absolute Gasteiger partial charge is 0.481 e. The summed E-state index contributed by atoms with van der Waals surface area (Å²) < 4.78 is 16.6. The van der Waals surface area contributed by atoms with Gasteiger partial charge in [-0.05, 0) is 42.4 Å². The molecule has 0 saturated heterocycles. The Hall–Kier alpha value is -3.68. The highest BCUT2D eigenvalue weighted by Gasteiger charge is 2.35. The predicted molar refractivity (Wildman–Crippen MR) is 143 cm³/mol. The zero-order valence-corrected chi connectivity index (χ0v) is 21.4. The molecule has 2 N–H and O–H groups in total. The van der Waals surface area contributed by atoms with Gasteiger partial charge < -0.3 is 24.6 Å². The fraction of sp³-hybridized carbons (Fsp3) is 0.355. The summed E-state index contributed by atoms with van der Waals surface area (Å²) in [4.78, 5) is 22.3. The highest BCUT2D eigenvalue weighted by molar-refractivity contribution is 5.71. The maximum absolute atomic E-state index is 11.7. The summed E-state index contributed by atoms with van der Waals surface area (Å²) in [5.74, 6) is -0.889. The van der Waals surface area contributed by atoms with Crippen LogP contribution in [0.15, 0.2) is 91.0 Å². The summed E-state index contributed by atoms with van der Waals surface area (Å²) in [6, 6.07) is 29.8. The number of hydrogen-bond acceptors (Lipinski definition) is 5. The van der Waals surface area contributed by atoms with Gasteiger partial charge in [0.05, 0.1) is 31.3 Å². The molecule has 0 aliphatic heterocycles. The molecule has 3 aromatic rings. The smallest absolute Gasteiger partial charge is 0.407 e. The normalized spacial score (nSPS) is 21.6.